The molecule has 9 nitrogen and oxygen atoms in total. The third kappa shape index (κ3) is 8.49. The largest absolute Gasteiger partial charge is 0.463 e. The normalized spacial score (nSPS) is 14.7. The van der Waals surface area contributed by atoms with E-state index in [0.29, 0.717) is 35.8 Å². The third-order valence-corrected chi connectivity index (χ3v) is 6.58. The molecule has 2 aliphatic rings. The predicted octanol–water partition coefficient (Wildman–Crippen LogP) is 5.58. The lowest BCUT2D eigenvalue weighted by molar-refractivity contribution is 0.102. The Morgan fingerprint density at radius 2 is 1.76 bits per heavy atom. The average Bonchev–Trinajstić information content (AvgIpc) is 2.94. The Kier molecular flexibility index (Phi) is 9.52. The molecule has 0 bridgehead atoms. The molecule has 4 N–H and O–H groups in total. The van der Waals surface area contributed by atoms with E-state index in [1.165, 1.54) is 6.26 Å². The lowest BCUT2D eigenvalue weighted by Gasteiger charge is -2.35. The summed E-state index contributed by atoms with van der Waals surface area (Å²) in [6.07, 6.45) is 10.8. The maximum Gasteiger partial charge on any atom is 0.324 e. The topological polar surface area (TPSA) is 109 Å². The minimum atomic E-state index is -0.313. The monoisotopic (exact) mass is 557 g/mol. The minimum Gasteiger partial charge on any atom is -0.463 e. The molecule has 0 saturated carbocycles. The van der Waals surface area contributed by atoms with Gasteiger partial charge >= 0.3 is 6.03 Å². The Bertz CT molecular complexity index is 1370. The predicted molar refractivity (Wildman–Crippen MR) is 161 cm³/mol. The van der Waals surface area contributed by atoms with E-state index in [4.69, 9.17) is 15.2 Å². The molecule has 0 unspecified atom stereocenters. The van der Waals surface area contributed by atoms with Crippen LogP contribution in [-0.2, 0) is 16.0 Å². The van der Waals surface area contributed by atoms with E-state index in [-0.39, 0.29) is 23.2 Å². The quantitative estimate of drug-likeness (QED) is 0.329. The van der Waals surface area contributed by atoms with Gasteiger partial charge in [-0.1, -0.05) is 56.3 Å². The van der Waals surface area contributed by atoms with Crippen LogP contribution in [0.5, 0.6) is 0 Å². The van der Waals surface area contributed by atoms with Crippen LogP contribution in [0.4, 0.5) is 16.2 Å². The number of rotatable bonds is 10. The number of para-hydroxylation sites is 2. The first-order valence-corrected chi connectivity index (χ1v) is 13.6. The molecule has 0 saturated heterocycles. The average molecular weight is 558 g/mol. The van der Waals surface area contributed by atoms with E-state index < -0.39 is 0 Å². The second kappa shape index (κ2) is 13.2. The summed E-state index contributed by atoms with van der Waals surface area (Å²) < 4.78 is 11.5. The van der Waals surface area contributed by atoms with Crippen molar-refractivity contribution in [1.29, 1.82) is 0 Å². The van der Waals surface area contributed by atoms with Crippen molar-refractivity contribution in [2.24, 2.45) is 5.41 Å². The smallest absolute Gasteiger partial charge is 0.324 e. The van der Waals surface area contributed by atoms with E-state index >= 15 is 0 Å². The zero-order chi connectivity index (χ0) is 29.4. The number of hydrogen-bond acceptors (Lipinski definition) is 6. The molecule has 2 aromatic carbocycles. The van der Waals surface area contributed by atoms with Gasteiger partial charge in [0, 0.05) is 25.2 Å². The summed E-state index contributed by atoms with van der Waals surface area (Å²) in [5.41, 5.74) is 9.20. The number of benzene rings is 2. The van der Waals surface area contributed by atoms with Gasteiger partial charge in [0.05, 0.1) is 11.4 Å². The molecule has 4 rings (SSSR count). The van der Waals surface area contributed by atoms with Crippen LogP contribution in [0.2, 0.25) is 0 Å². The van der Waals surface area contributed by atoms with Crippen molar-refractivity contribution in [1.82, 2.24) is 15.1 Å². The maximum atomic E-state index is 13.6. The molecule has 0 atom stereocenters. The summed E-state index contributed by atoms with van der Waals surface area (Å²) in [7, 11) is 4.03. The second-order valence-electron chi connectivity index (χ2n) is 11.3. The number of nitrogen functional groups attached to an aromatic ring is 1. The van der Waals surface area contributed by atoms with Gasteiger partial charge in [-0.15, -0.1) is 0 Å². The number of nitrogens with zero attached hydrogens (tertiary/aromatic N) is 2. The highest BCUT2D eigenvalue weighted by Crippen LogP contribution is 2.26. The van der Waals surface area contributed by atoms with Crippen molar-refractivity contribution in [3.05, 3.63) is 108 Å². The van der Waals surface area contributed by atoms with Gasteiger partial charge in [-0.25, -0.2) is 4.79 Å². The molecule has 0 fully saturated rings. The molecule has 2 aromatic rings. The summed E-state index contributed by atoms with van der Waals surface area (Å²) in [4.78, 5) is 30.2. The molecule has 9 heteroatoms. The highest BCUT2D eigenvalue weighted by atomic mass is 16.6. The first-order chi connectivity index (χ1) is 19.6. The fourth-order valence-corrected chi connectivity index (χ4v) is 4.92. The number of carbonyl (C=O) groups is 2. The van der Waals surface area contributed by atoms with Crippen LogP contribution < -0.4 is 16.4 Å². The standard InChI is InChI=1S/C32H39N5O4/c1-32(2,21-36(3)4)22-37(31(39)35-29-20-40-19-28(41-29)24-10-6-5-7-11-24)18-23-14-16-25(17-15-23)30(38)34-27-13-9-8-12-26(27)33/h5-6,8-10,12-17,19-20H,7,11,18,21-22,33H2,1-4H3,(H,34,38)(H,35,39). The van der Waals surface area contributed by atoms with Crippen LogP contribution in [0.3, 0.4) is 0 Å². The van der Waals surface area contributed by atoms with Gasteiger partial charge in [0.25, 0.3) is 5.91 Å². The van der Waals surface area contributed by atoms with Crippen LogP contribution in [0, 0.1) is 5.41 Å². The van der Waals surface area contributed by atoms with E-state index in [2.05, 4.69) is 35.5 Å². The van der Waals surface area contributed by atoms with Crippen LogP contribution >= 0.6 is 0 Å². The SMILES string of the molecule is CN(C)CC(C)(C)CN(Cc1ccc(C(=O)Nc2ccccc2N)cc1)C(=O)NC1=COC=C(C2=CC=CCC2)O1. The van der Waals surface area contributed by atoms with Gasteiger partial charge in [0.15, 0.2) is 12.0 Å². The third-order valence-electron chi connectivity index (χ3n) is 6.58. The fourth-order valence-electron chi connectivity index (χ4n) is 4.92. The molecule has 0 radical (unpaired) electrons. The molecule has 216 valence electrons. The van der Waals surface area contributed by atoms with E-state index in [1.54, 1.807) is 35.4 Å². The lowest BCUT2D eigenvalue weighted by atomic mass is 9.92. The van der Waals surface area contributed by atoms with Crippen molar-refractivity contribution in [2.45, 2.75) is 33.2 Å². The van der Waals surface area contributed by atoms with Crippen molar-refractivity contribution in [3.63, 3.8) is 0 Å². The Morgan fingerprint density at radius 1 is 1.00 bits per heavy atom. The summed E-state index contributed by atoms with van der Waals surface area (Å²) in [6, 6.07) is 14.0. The molecule has 0 aromatic heterocycles. The van der Waals surface area contributed by atoms with Gasteiger partial charge < -0.3 is 30.3 Å². The van der Waals surface area contributed by atoms with Gasteiger partial charge in [0.1, 0.15) is 6.26 Å². The van der Waals surface area contributed by atoms with Gasteiger partial charge in [0.2, 0.25) is 5.88 Å². The Morgan fingerprint density at radius 3 is 2.44 bits per heavy atom. The van der Waals surface area contributed by atoms with Gasteiger partial charge in [-0.05, 0) is 67.8 Å². The lowest BCUT2D eigenvalue weighted by Crippen LogP contribution is -2.46. The summed E-state index contributed by atoms with van der Waals surface area (Å²) in [6.45, 7) is 5.86. The molecule has 41 heavy (non-hydrogen) atoms. The molecular weight excluding hydrogens is 518 g/mol. The van der Waals surface area contributed by atoms with Crippen molar-refractivity contribution >= 4 is 23.3 Å². The van der Waals surface area contributed by atoms with Gasteiger partial charge in [-0.3, -0.25) is 10.1 Å². The van der Waals surface area contributed by atoms with E-state index in [9.17, 15) is 9.59 Å². The highest BCUT2D eigenvalue weighted by Gasteiger charge is 2.27. The van der Waals surface area contributed by atoms with E-state index in [1.807, 2.05) is 50.5 Å². The fraction of sp³-hybridized carbons (Fsp3) is 0.312. The molecule has 1 aliphatic heterocycles. The van der Waals surface area contributed by atoms with Crippen LogP contribution in [0.25, 0.3) is 0 Å². The highest BCUT2D eigenvalue weighted by molar-refractivity contribution is 6.05. The van der Waals surface area contributed by atoms with Crippen LogP contribution in [-0.4, -0.2) is 48.9 Å². The molecule has 1 heterocycles. The number of carbonyl (C=O) groups excluding carboxylic acids is 2. The summed E-state index contributed by atoms with van der Waals surface area (Å²) in [5.74, 6) is 0.549. The molecular formula is C32H39N5O4. The number of hydrogen-bond donors (Lipinski definition) is 3. The van der Waals surface area contributed by atoms with Crippen molar-refractivity contribution < 1.29 is 19.1 Å². The zero-order valence-electron chi connectivity index (χ0n) is 24.1. The molecule has 3 amide bonds. The van der Waals surface area contributed by atoms with Gasteiger partial charge in [-0.2, -0.15) is 0 Å². The van der Waals surface area contributed by atoms with Crippen LogP contribution in [0.15, 0.2) is 96.5 Å². The summed E-state index contributed by atoms with van der Waals surface area (Å²) in [5, 5.41) is 5.71. The van der Waals surface area contributed by atoms with Crippen LogP contribution in [0.1, 0.15) is 42.6 Å². The Labute approximate surface area is 242 Å². The molecule has 1 aliphatic carbocycles. The number of nitrogens with two attached hydrogens (primary N) is 1. The second-order valence-corrected chi connectivity index (χ2v) is 11.3. The summed E-state index contributed by atoms with van der Waals surface area (Å²) >= 11 is 0. The Hall–Kier alpha value is -4.50. The first-order valence-electron chi connectivity index (χ1n) is 13.6. The number of nitrogens with one attached hydrogen (secondary N) is 2. The number of ether oxygens (including phenoxy) is 2. The van der Waals surface area contributed by atoms with Crippen molar-refractivity contribution in [2.75, 3.05) is 38.2 Å². The number of anilines is 2. The van der Waals surface area contributed by atoms with Crippen molar-refractivity contribution in [3.8, 4) is 0 Å². The first kappa shape index (κ1) is 29.5. The minimum absolute atomic E-state index is 0.196. The maximum absolute atomic E-state index is 13.6. The number of allylic oxidation sites excluding steroid dienone is 4. The molecule has 0 spiro atoms. The Balaban J connectivity index is 1.45. The van der Waals surface area contributed by atoms with E-state index in [0.717, 1.165) is 30.5 Å². The number of amides is 3. The number of urea groups is 1. The zero-order valence-corrected chi connectivity index (χ0v) is 24.1.